The number of esters is 2. The van der Waals surface area contributed by atoms with Gasteiger partial charge in [0.25, 0.3) is 0 Å². The summed E-state index contributed by atoms with van der Waals surface area (Å²) in [5.41, 5.74) is -0.413. The minimum atomic E-state index is -3.76. The van der Waals surface area contributed by atoms with E-state index in [0.29, 0.717) is 6.42 Å². The predicted molar refractivity (Wildman–Crippen MR) is 109 cm³/mol. The van der Waals surface area contributed by atoms with Crippen molar-refractivity contribution in [3.05, 3.63) is 55.1 Å². The number of hydrogen-bond acceptors (Lipinski definition) is 7. The number of carbonyl (C=O) groups is 3. The van der Waals surface area contributed by atoms with Gasteiger partial charge in [0.15, 0.2) is 0 Å². The molecule has 0 aliphatic carbocycles. The van der Waals surface area contributed by atoms with Crippen LogP contribution in [0.4, 0.5) is 4.79 Å². The average molecular weight is 439 g/mol. The first kappa shape index (κ1) is 24.9. The highest BCUT2D eigenvalue weighted by Crippen LogP contribution is 2.09. The summed E-state index contributed by atoms with van der Waals surface area (Å²) in [6, 6.07) is 5.36. The molecule has 0 saturated heterocycles. The smallest absolute Gasteiger partial charge is 0.330 e. The van der Waals surface area contributed by atoms with Crippen molar-refractivity contribution in [2.45, 2.75) is 23.8 Å². The number of sulfonamides is 1. The van der Waals surface area contributed by atoms with Crippen molar-refractivity contribution in [2.75, 3.05) is 19.8 Å². The van der Waals surface area contributed by atoms with E-state index in [9.17, 15) is 22.8 Å². The maximum atomic E-state index is 12.2. The predicted octanol–water partition coefficient (Wildman–Crippen LogP) is 0.393. The molecule has 0 unspecified atom stereocenters. The third-order valence-electron chi connectivity index (χ3n) is 3.77. The van der Waals surface area contributed by atoms with Crippen LogP contribution in [-0.2, 0) is 35.5 Å². The largest absolute Gasteiger partial charge is 0.460 e. The molecular weight excluding hydrogens is 414 g/mol. The van der Waals surface area contributed by atoms with Gasteiger partial charge < -0.3 is 20.1 Å². The summed E-state index contributed by atoms with van der Waals surface area (Å²) < 4.78 is 32.4. The zero-order valence-electron chi connectivity index (χ0n) is 16.6. The van der Waals surface area contributed by atoms with E-state index in [2.05, 4.69) is 23.8 Å². The Morgan fingerprint density at radius 3 is 2.00 bits per heavy atom. The lowest BCUT2D eigenvalue weighted by molar-refractivity contribution is -0.144. The van der Waals surface area contributed by atoms with E-state index in [0.717, 1.165) is 17.7 Å². The first-order chi connectivity index (χ1) is 14.0. The van der Waals surface area contributed by atoms with Crippen LogP contribution < -0.4 is 15.8 Å². The number of primary sulfonamides is 1. The van der Waals surface area contributed by atoms with Crippen LogP contribution in [0.3, 0.4) is 0 Å². The summed E-state index contributed by atoms with van der Waals surface area (Å²) in [6.45, 7) is 7.82. The molecule has 164 valence electrons. The van der Waals surface area contributed by atoms with Gasteiger partial charge in [-0.2, -0.15) is 0 Å². The summed E-state index contributed by atoms with van der Waals surface area (Å²) in [7, 11) is -3.76. The maximum Gasteiger partial charge on any atom is 0.330 e. The van der Waals surface area contributed by atoms with Crippen molar-refractivity contribution in [3.8, 4) is 0 Å². The van der Waals surface area contributed by atoms with Crippen LogP contribution in [0.2, 0.25) is 0 Å². The maximum absolute atomic E-state index is 12.2. The summed E-state index contributed by atoms with van der Waals surface area (Å²) in [6.07, 6.45) is 2.36. The van der Waals surface area contributed by atoms with Gasteiger partial charge in [-0.1, -0.05) is 25.3 Å². The molecule has 2 amide bonds. The van der Waals surface area contributed by atoms with E-state index in [-0.39, 0.29) is 24.7 Å². The zero-order valence-corrected chi connectivity index (χ0v) is 17.4. The van der Waals surface area contributed by atoms with Gasteiger partial charge in [-0.25, -0.2) is 27.9 Å². The van der Waals surface area contributed by atoms with Crippen LogP contribution >= 0.6 is 0 Å². The quantitative estimate of drug-likeness (QED) is 0.333. The van der Waals surface area contributed by atoms with Crippen molar-refractivity contribution in [1.82, 2.24) is 10.6 Å². The summed E-state index contributed by atoms with van der Waals surface area (Å²) in [5, 5.41) is 10.3. The van der Waals surface area contributed by atoms with E-state index in [1.165, 1.54) is 19.1 Å². The van der Waals surface area contributed by atoms with Crippen LogP contribution in [0.15, 0.2) is 54.5 Å². The molecule has 0 aromatic heterocycles. The minimum Gasteiger partial charge on any atom is -0.460 e. The summed E-state index contributed by atoms with van der Waals surface area (Å²) >= 11 is 0. The van der Waals surface area contributed by atoms with Gasteiger partial charge in [0.05, 0.1) is 4.90 Å². The number of hydrogen-bond donors (Lipinski definition) is 3. The van der Waals surface area contributed by atoms with E-state index >= 15 is 0 Å². The topological polar surface area (TPSA) is 154 Å². The lowest BCUT2D eigenvalue weighted by atomic mass is 10.1. The van der Waals surface area contributed by atoms with Gasteiger partial charge in [0, 0.05) is 18.7 Å². The molecule has 30 heavy (non-hydrogen) atoms. The molecule has 0 spiro atoms. The highest BCUT2D eigenvalue weighted by Gasteiger charge is 2.30. The molecule has 1 aromatic carbocycles. The van der Waals surface area contributed by atoms with Gasteiger partial charge in [0.1, 0.15) is 18.8 Å². The fourth-order valence-electron chi connectivity index (χ4n) is 2.18. The highest BCUT2D eigenvalue weighted by atomic mass is 32.2. The number of nitrogens with two attached hydrogens (primary N) is 1. The molecular formula is C19H25N3O7S. The zero-order chi connectivity index (χ0) is 22.8. The van der Waals surface area contributed by atoms with E-state index in [4.69, 9.17) is 14.6 Å². The van der Waals surface area contributed by atoms with Gasteiger partial charge in [-0.15, -0.1) is 0 Å². The molecule has 0 bridgehead atoms. The van der Waals surface area contributed by atoms with Crippen molar-refractivity contribution in [1.29, 1.82) is 0 Å². The normalized spacial score (nSPS) is 11.1. The summed E-state index contributed by atoms with van der Waals surface area (Å²) in [5.74, 6) is -1.39. The lowest BCUT2D eigenvalue weighted by Crippen LogP contribution is -2.56. The lowest BCUT2D eigenvalue weighted by Gasteiger charge is -2.29. The number of amides is 2. The average Bonchev–Trinajstić information content (AvgIpc) is 2.70. The second-order valence-corrected chi connectivity index (χ2v) is 8.07. The molecule has 0 radical (unpaired) electrons. The SMILES string of the molecule is C=CC(=O)OCC(C)(COC(=O)C=C)NC(=O)NCCc1ccc(S(N)(=O)=O)cc1. The Balaban J connectivity index is 2.62. The second kappa shape index (κ2) is 11.1. The third kappa shape index (κ3) is 8.88. The van der Waals surface area contributed by atoms with Gasteiger partial charge in [-0.3, -0.25) is 0 Å². The molecule has 1 rings (SSSR count). The van der Waals surface area contributed by atoms with Gasteiger partial charge in [0.2, 0.25) is 10.0 Å². The Bertz CT molecular complexity index is 871. The Hall–Kier alpha value is -3.18. The van der Waals surface area contributed by atoms with Crippen LogP contribution in [0.5, 0.6) is 0 Å². The van der Waals surface area contributed by atoms with Crippen LogP contribution in [-0.4, -0.2) is 51.7 Å². The number of nitrogens with one attached hydrogen (secondary N) is 2. The standard InChI is InChI=1S/C19H25N3O7S/c1-4-16(23)28-12-19(3,13-29-17(24)5-2)22-18(25)21-11-10-14-6-8-15(9-7-14)30(20,26)27/h4-9H,1-2,10-13H2,3H3,(H2,20,26,27)(H2,21,22,25). The molecule has 0 aliphatic heterocycles. The Labute approximate surface area is 175 Å². The molecule has 0 atom stereocenters. The van der Waals surface area contributed by atoms with E-state index in [1.54, 1.807) is 12.1 Å². The Kier molecular flexibility index (Phi) is 9.21. The van der Waals surface area contributed by atoms with Crippen molar-refractivity contribution >= 4 is 28.0 Å². The molecule has 1 aromatic rings. The molecule has 11 heteroatoms. The van der Waals surface area contributed by atoms with Crippen molar-refractivity contribution in [2.24, 2.45) is 5.14 Å². The fourth-order valence-corrected chi connectivity index (χ4v) is 2.69. The Morgan fingerprint density at radius 1 is 1.07 bits per heavy atom. The third-order valence-corrected chi connectivity index (χ3v) is 4.69. The van der Waals surface area contributed by atoms with Crippen LogP contribution in [0, 0.1) is 0 Å². The molecule has 0 saturated carbocycles. The molecule has 0 fully saturated rings. The van der Waals surface area contributed by atoms with Crippen molar-refractivity contribution in [3.63, 3.8) is 0 Å². The molecule has 10 nitrogen and oxygen atoms in total. The first-order valence-corrected chi connectivity index (χ1v) is 10.3. The summed E-state index contributed by atoms with van der Waals surface area (Å²) in [4.78, 5) is 34.9. The van der Waals surface area contributed by atoms with Gasteiger partial charge in [-0.05, 0) is 31.0 Å². The monoisotopic (exact) mass is 439 g/mol. The number of rotatable bonds is 11. The number of urea groups is 1. The molecule has 0 aliphatic rings. The number of carbonyl (C=O) groups excluding carboxylic acids is 3. The van der Waals surface area contributed by atoms with Crippen LogP contribution in [0.25, 0.3) is 0 Å². The molecule has 4 N–H and O–H groups in total. The molecule has 0 heterocycles. The Morgan fingerprint density at radius 2 is 1.57 bits per heavy atom. The first-order valence-electron chi connectivity index (χ1n) is 8.75. The fraction of sp³-hybridized carbons (Fsp3) is 0.316. The van der Waals surface area contributed by atoms with E-state index in [1.807, 2.05) is 0 Å². The van der Waals surface area contributed by atoms with Gasteiger partial charge >= 0.3 is 18.0 Å². The highest BCUT2D eigenvalue weighted by molar-refractivity contribution is 7.89. The van der Waals surface area contributed by atoms with Crippen molar-refractivity contribution < 1.29 is 32.3 Å². The van der Waals surface area contributed by atoms with Crippen LogP contribution in [0.1, 0.15) is 12.5 Å². The number of benzene rings is 1. The van der Waals surface area contributed by atoms with E-state index < -0.39 is 33.5 Å². The second-order valence-electron chi connectivity index (χ2n) is 6.50. The number of ether oxygens (including phenoxy) is 2. The minimum absolute atomic E-state index is 0.00383.